The summed E-state index contributed by atoms with van der Waals surface area (Å²) in [6.07, 6.45) is 1.48. The Bertz CT molecular complexity index is 1760. The van der Waals surface area contributed by atoms with Crippen molar-refractivity contribution in [3.8, 4) is 0 Å². The lowest BCUT2D eigenvalue weighted by molar-refractivity contribution is -0.120. The van der Waals surface area contributed by atoms with Gasteiger partial charge in [-0.25, -0.2) is 16.8 Å². The number of nitrogens with one attached hydrogen (secondary N) is 2. The first kappa shape index (κ1) is 29.2. The van der Waals surface area contributed by atoms with Gasteiger partial charge in [0.15, 0.2) is 0 Å². The van der Waals surface area contributed by atoms with Gasteiger partial charge in [-0.2, -0.15) is 8.61 Å². The van der Waals surface area contributed by atoms with E-state index in [1.807, 2.05) is 0 Å². The molecule has 1 aliphatic rings. The lowest BCUT2D eigenvalue weighted by Gasteiger charge is -2.39. The topological polar surface area (TPSA) is 146 Å². The molecule has 4 aromatic rings. The fourth-order valence-corrected chi connectivity index (χ4v) is 7.66. The number of nitrogens with zero attached hydrogens (tertiary/aromatic N) is 2. The lowest BCUT2D eigenvalue weighted by Crippen LogP contribution is -2.60. The summed E-state index contributed by atoms with van der Waals surface area (Å²) >= 11 is 0. The Morgan fingerprint density at radius 1 is 0.762 bits per heavy atom. The average molecular weight is 609 g/mol. The summed E-state index contributed by atoms with van der Waals surface area (Å²) in [6, 6.07) is 23.6. The fourth-order valence-electron chi connectivity index (χ4n) is 4.61. The zero-order valence-electron chi connectivity index (χ0n) is 22.3. The van der Waals surface area contributed by atoms with Crippen molar-refractivity contribution >= 4 is 37.5 Å². The first-order chi connectivity index (χ1) is 20.2. The predicted molar refractivity (Wildman–Crippen MR) is 154 cm³/mol. The maximum Gasteiger partial charge on any atom is 0.253 e. The average Bonchev–Trinajstić information content (AvgIpc) is 3.54. The molecule has 0 aliphatic carbocycles. The third-order valence-electron chi connectivity index (χ3n) is 6.76. The third-order valence-corrected chi connectivity index (χ3v) is 10.6. The summed E-state index contributed by atoms with van der Waals surface area (Å²) in [5, 5.41) is 5.39. The monoisotopic (exact) mass is 608 g/mol. The number of hydrogen-bond donors (Lipinski definition) is 2. The molecule has 1 aliphatic heterocycles. The molecule has 0 unspecified atom stereocenters. The molecular weight excluding hydrogens is 580 g/mol. The molecule has 3 aromatic carbocycles. The number of anilines is 1. The SMILES string of the molecule is O=C(NCc1ccco1)c1ccccc1NC(=O)[C@H]1CN(S(=O)(=O)c2ccccc2)CCN1S(=O)(=O)c1ccccc1. The van der Waals surface area contributed by atoms with Gasteiger partial charge >= 0.3 is 0 Å². The van der Waals surface area contributed by atoms with E-state index in [2.05, 4.69) is 10.6 Å². The van der Waals surface area contributed by atoms with Crippen molar-refractivity contribution in [1.82, 2.24) is 13.9 Å². The Kier molecular flexibility index (Phi) is 8.54. The summed E-state index contributed by atoms with van der Waals surface area (Å²) < 4.78 is 61.5. The molecule has 1 saturated heterocycles. The molecule has 2 heterocycles. The highest BCUT2D eigenvalue weighted by Gasteiger charge is 2.43. The molecule has 0 bridgehead atoms. The van der Waals surface area contributed by atoms with Crippen LogP contribution in [-0.2, 0) is 31.4 Å². The molecule has 0 spiro atoms. The van der Waals surface area contributed by atoms with Gasteiger partial charge in [0.25, 0.3) is 5.91 Å². The van der Waals surface area contributed by atoms with Crippen molar-refractivity contribution in [2.24, 2.45) is 0 Å². The highest BCUT2D eigenvalue weighted by molar-refractivity contribution is 7.89. The minimum atomic E-state index is -4.18. The predicted octanol–water partition coefficient (Wildman–Crippen LogP) is 2.91. The number of hydrogen-bond acceptors (Lipinski definition) is 7. The number of amides is 2. The fraction of sp³-hybridized carbons (Fsp3) is 0.172. The largest absolute Gasteiger partial charge is 0.467 e. The van der Waals surface area contributed by atoms with Crippen LogP contribution in [0.15, 0.2) is 118 Å². The van der Waals surface area contributed by atoms with Crippen LogP contribution in [0.1, 0.15) is 16.1 Å². The van der Waals surface area contributed by atoms with E-state index in [4.69, 9.17) is 4.42 Å². The Hall–Kier alpha value is -4.30. The number of rotatable bonds is 9. The maximum absolute atomic E-state index is 13.8. The van der Waals surface area contributed by atoms with E-state index in [0.29, 0.717) is 5.76 Å². The molecule has 1 fully saturated rings. The Labute approximate surface area is 243 Å². The minimum Gasteiger partial charge on any atom is -0.467 e. The van der Waals surface area contributed by atoms with E-state index in [9.17, 15) is 26.4 Å². The zero-order chi connectivity index (χ0) is 29.7. The molecule has 2 N–H and O–H groups in total. The molecule has 218 valence electrons. The maximum atomic E-state index is 13.8. The van der Waals surface area contributed by atoms with Crippen molar-refractivity contribution in [3.05, 3.63) is 115 Å². The molecule has 5 rings (SSSR count). The second-order valence-electron chi connectivity index (χ2n) is 9.42. The molecule has 2 amide bonds. The third kappa shape index (κ3) is 6.14. The van der Waals surface area contributed by atoms with Gasteiger partial charge in [0.05, 0.1) is 33.8 Å². The standard InChI is InChI=1S/C29H28N4O7S2/c34-28(30-20-22-10-9-19-40-22)25-15-7-8-16-26(25)31-29(35)27-21-32(41(36,37)23-11-3-1-4-12-23)17-18-33(27)42(38,39)24-13-5-2-6-14-24/h1-16,19,27H,17-18,20-21H2,(H,30,34)(H,31,35)/t27-/m1/s1. The normalized spacial score (nSPS) is 16.5. The van der Waals surface area contributed by atoms with E-state index < -0.39 is 44.4 Å². The number of sulfonamides is 2. The number of para-hydroxylation sites is 1. The number of carbonyl (C=O) groups is 2. The summed E-state index contributed by atoms with van der Waals surface area (Å²) in [5.74, 6) is -0.740. The van der Waals surface area contributed by atoms with Gasteiger partial charge < -0.3 is 15.1 Å². The van der Waals surface area contributed by atoms with Gasteiger partial charge in [0.1, 0.15) is 11.8 Å². The van der Waals surface area contributed by atoms with E-state index in [0.717, 1.165) is 8.61 Å². The highest BCUT2D eigenvalue weighted by atomic mass is 32.2. The molecule has 13 heteroatoms. The second-order valence-corrected chi connectivity index (χ2v) is 13.2. The summed E-state index contributed by atoms with van der Waals surface area (Å²) in [5.41, 5.74) is 0.277. The van der Waals surface area contributed by atoms with Gasteiger partial charge in [-0.3, -0.25) is 9.59 Å². The molecule has 0 radical (unpaired) electrons. The van der Waals surface area contributed by atoms with E-state index >= 15 is 0 Å². The van der Waals surface area contributed by atoms with Crippen molar-refractivity contribution in [2.75, 3.05) is 25.0 Å². The zero-order valence-corrected chi connectivity index (χ0v) is 23.9. The quantitative estimate of drug-likeness (QED) is 0.297. The Morgan fingerprint density at radius 2 is 1.38 bits per heavy atom. The van der Waals surface area contributed by atoms with E-state index in [1.54, 1.807) is 60.7 Å². The van der Waals surface area contributed by atoms with Crippen LogP contribution in [0.2, 0.25) is 0 Å². The first-order valence-corrected chi connectivity index (χ1v) is 15.9. The molecule has 42 heavy (non-hydrogen) atoms. The summed E-state index contributed by atoms with van der Waals surface area (Å²) in [7, 11) is -8.21. The van der Waals surface area contributed by atoms with Crippen molar-refractivity contribution in [1.29, 1.82) is 0 Å². The molecule has 11 nitrogen and oxygen atoms in total. The smallest absolute Gasteiger partial charge is 0.253 e. The first-order valence-electron chi connectivity index (χ1n) is 13.0. The molecule has 1 atom stereocenters. The van der Waals surface area contributed by atoms with Crippen LogP contribution >= 0.6 is 0 Å². The Morgan fingerprint density at radius 3 is 2.02 bits per heavy atom. The number of benzene rings is 3. The lowest BCUT2D eigenvalue weighted by atomic mass is 10.1. The second kappa shape index (κ2) is 12.3. The van der Waals surface area contributed by atoms with Crippen LogP contribution in [0.5, 0.6) is 0 Å². The van der Waals surface area contributed by atoms with Gasteiger partial charge in [-0.1, -0.05) is 48.5 Å². The highest BCUT2D eigenvalue weighted by Crippen LogP contribution is 2.27. The van der Waals surface area contributed by atoms with Gasteiger partial charge in [-0.15, -0.1) is 0 Å². The van der Waals surface area contributed by atoms with Crippen LogP contribution in [0.4, 0.5) is 5.69 Å². The molecular formula is C29H28N4O7S2. The van der Waals surface area contributed by atoms with Crippen molar-refractivity contribution in [3.63, 3.8) is 0 Å². The molecule has 1 aromatic heterocycles. The van der Waals surface area contributed by atoms with Crippen molar-refractivity contribution < 1.29 is 30.8 Å². The van der Waals surface area contributed by atoms with E-state index in [1.165, 1.54) is 42.7 Å². The Balaban J connectivity index is 1.44. The van der Waals surface area contributed by atoms with Crippen LogP contribution in [0.25, 0.3) is 0 Å². The van der Waals surface area contributed by atoms with Crippen LogP contribution < -0.4 is 10.6 Å². The number of carbonyl (C=O) groups excluding carboxylic acids is 2. The minimum absolute atomic E-state index is 0.0279. The molecule has 0 saturated carbocycles. The van der Waals surface area contributed by atoms with Crippen LogP contribution in [0.3, 0.4) is 0 Å². The number of furan rings is 1. The van der Waals surface area contributed by atoms with Crippen LogP contribution in [-0.4, -0.2) is 62.9 Å². The van der Waals surface area contributed by atoms with Gasteiger partial charge in [-0.05, 0) is 48.5 Å². The van der Waals surface area contributed by atoms with Crippen molar-refractivity contribution in [2.45, 2.75) is 22.4 Å². The summed E-state index contributed by atoms with van der Waals surface area (Å²) in [6.45, 7) is -0.723. The van der Waals surface area contributed by atoms with Crippen LogP contribution in [0, 0.1) is 0 Å². The number of piperazine rings is 1. The van der Waals surface area contributed by atoms with E-state index in [-0.39, 0.29) is 40.7 Å². The van der Waals surface area contributed by atoms with Gasteiger partial charge in [0, 0.05) is 19.6 Å². The summed E-state index contributed by atoms with van der Waals surface area (Å²) in [4.78, 5) is 26.8. The van der Waals surface area contributed by atoms with Gasteiger partial charge in [0.2, 0.25) is 26.0 Å².